The summed E-state index contributed by atoms with van der Waals surface area (Å²) in [5.41, 5.74) is 2.95. The molecule has 0 aliphatic rings. The lowest BCUT2D eigenvalue weighted by molar-refractivity contribution is 1.54. The molecule has 0 fully saturated rings. The summed E-state index contributed by atoms with van der Waals surface area (Å²) in [5, 5.41) is 1.47. The van der Waals surface area contributed by atoms with Gasteiger partial charge < -0.3 is 0 Å². The second kappa shape index (κ2) is 3.46. The van der Waals surface area contributed by atoms with Gasteiger partial charge in [-0.3, -0.25) is 0 Å². The fourth-order valence-corrected chi connectivity index (χ4v) is 5.92. The summed E-state index contributed by atoms with van der Waals surface area (Å²) in [6.07, 6.45) is 0. The Bertz CT molecular complexity index is 503. The van der Waals surface area contributed by atoms with Gasteiger partial charge in [-0.2, -0.15) is 0 Å². The molecule has 0 unspecified atom stereocenters. The van der Waals surface area contributed by atoms with Crippen LogP contribution < -0.4 is 4.50 Å². The van der Waals surface area contributed by atoms with Crippen molar-refractivity contribution in [3.05, 3.63) is 29.3 Å². The Morgan fingerprint density at radius 3 is 2.27 bits per heavy atom. The third-order valence-corrected chi connectivity index (χ3v) is 7.98. The molecule has 2 aromatic rings. The largest absolute Gasteiger partial charge is 0.144 e. The predicted octanol–water partition coefficient (Wildman–Crippen LogP) is 4.06. The fraction of sp³-hybridized carbons (Fsp3) is 0.385. The number of rotatable bonds is 1. The van der Waals surface area contributed by atoms with E-state index >= 15 is 0 Å². The van der Waals surface area contributed by atoms with Gasteiger partial charge in [0.25, 0.3) is 0 Å². The van der Waals surface area contributed by atoms with Gasteiger partial charge in [-0.15, -0.1) is 11.3 Å². The second-order valence-corrected chi connectivity index (χ2v) is 11.6. The van der Waals surface area contributed by atoms with E-state index < -0.39 is 8.07 Å². The van der Waals surface area contributed by atoms with Crippen LogP contribution in [0.15, 0.2) is 18.2 Å². The van der Waals surface area contributed by atoms with Crippen LogP contribution in [0.3, 0.4) is 0 Å². The lowest BCUT2D eigenvalue weighted by Crippen LogP contribution is -2.36. The molecule has 2 rings (SSSR count). The van der Waals surface area contributed by atoms with Crippen LogP contribution in [-0.4, -0.2) is 8.07 Å². The molecule has 0 saturated carbocycles. The van der Waals surface area contributed by atoms with Crippen LogP contribution in [0.5, 0.6) is 0 Å². The molecule has 2 heteroatoms. The summed E-state index contributed by atoms with van der Waals surface area (Å²) in [4.78, 5) is 0. The van der Waals surface area contributed by atoms with Crippen LogP contribution in [0.2, 0.25) is 19.6 Å². The average Bonchev–Trinajstić information content (AvgIpc) is 2.45. The lowest BCUT2D eigenvalue weighted by Gasteiger charge is -2.14. The zero-order chi connectivity index (χ0) is 11.2. The number of hydrogen-bond donors (Lipinski definition) is 0. The van der Waals surface area contributed by atoms with Crippen LogP contribution in [0.1, 0.15) is 11.1 Å². The van der Waals surface area contributed by atoms with E-state index in [9.17, 15) is 0 Å². The van der Waals surface area contributed by atoms with Crippen molar-refractivity contribution in [2.24, 2.45) is 0 Å². The van der Waals surface area contributed by atoms with Crippen LogP contribution in [0, 0.1) is 13.8 Å². The first-order chi connectivity index (χ1) is 6.91. The van der Waals surface area contributed by atoms with Crippen LogP contribution >= 0.6 is 11.3 Å². The summed E-state index contributed by atoms with van der Waals surface area (Å²) >= 11 is 2.02. The number of benzene rings is 1. The van der Waals surface area contributed by atoms with E-state index in [4.69, 9.17) is 0 Å². The molecule has 15 heavy (non-hydrogen) atoms. The van der Waals surface area contributed by atoms with Gasteiger partial charge in [-0.1, -0.05) is 37.8 Å². The predicted molar refractivity (Wildman–Crippen MR) is 74.3 cm³/mol. The molecule has 0 amide bonds. The SMILES string of the molecule is Cc1c([Si](C)(C)C)sc2c(C)cccc12. The van der Waals surface area contributed by atoms with Gasteiger partial charge in [0.1, 0.15) is 0 Å². The van der Waals surface area contributed by atoms with Crippen molar-refractivity contribution in [1.29, 1.82) is 0 Å². The Hall–Kier alpha value is -0.603. The van der Waals surface area contributed by atoms with E-state index in [1.54, 1.807) is 4.50 Å². The molecule has 0 saturated heterocycles. The van der Waals surface area contributed by atoms with E-state index in [-0.39, 0.29) is 0 Å². The van der Waals surface area contributed by atoms with Gasteiger partial charge in [0.05, 0.1) is 8.07 Å². The highest BCUT2D eigenvalue weighted by Crippen LogP contribution is 2.28. The molecule has 0 bridgehead atoms. The second-order valence-electron chi connectivity index (χ2n) is 5.26. The van der Waals surface area contributed by atoms with E-state index in [1.807, 2.05) is 11.3 Å². The standard InChI is InChI=1S/C13H18SSi/c1-9-7-6-8-11-10(2)13(14-12(9)11)15(3,4)5/h6-8H,1-5H3. The van der Waals surface area contributed by atoms with Crippen molar-refractivity contribution in [2.45, 2.75) is 33.5 Å². The van der Waals surface area contributed by atoms with Crippen molar-refractivity contribution >= 4 is 34.0 Å². The first kappa shape index (κ1) is 10.9. The summed E-state index contributed by atoms with van der Waals surface area (Å²) < 4.78 is 3.15. The highest BCUT2D eigenvalue weighted by Gasteiger charge is 2.22. The van der Waals surface area contributed by atoms with Crippen molar-refractivity contribution in [3.63, 3.8) is 0 Å². The van der Waals surface area contributed by atoms with Crippen molar-refractivity contribution in [3.8, 4) is 0 Å². The Kier molecular flexibility index (Phi) is 2.51. The van der Waals surface area contributed by atoms with Crippen LogP contribution in [-0.2, 0) is 0 Å². The fourth-order valence-electron chi connectivity index (χ4n) is 2.10. The molecule has 1 aromatic carbocycles. The number of hydrogen-bond acceptors (Lipinski definition) is 1. The molecule has 0 spiro atoms. The van der Waals surface area contributed by atoms with E-state index in [1.165, 1.54) is 21.2 Å². The highest BCUT2D eigenvalue weighted by atomic mass is 32.1. The van der Waals surface area contributed by atoms with E-state index in [0.29, 0.717) is 0 Å². The minimum absolute atomic E-state index is 1.17. The minimum atomic E-state index is -1.17. The Morgan fingerprint density at radius 1 is 1.07 bits per heavy atom. The highest BCUT2D eigenvalue weighted by molar-refractivity contribution is 7.31. The Balaban J connectivity index is 2.81. The maximum atomic E-state index is 2.43. The summed E-state index contributed by atoms with van der Waals surface area (Å²) in [5.74, 6) is 0. The quantitative estimate of drug-likeness (QED) is 0.653. The Morgan fingerprint density at radius 2 is 1.73 bits per heavy atom. The van der Waals surface area contributed by atoms with Crippen molar-refractivity contribution < 1.29 is 0 Å². The molecule has 0 nitrogen and oxygen atoms in total. The molecule has 80 valence electrons. The molecule has 0 aliphatic heterocycles. The van der Waals surface area contributed by atoms with E-state index in [0.717, 1.165) is 0 Å². The normalized spacial score (nSPS) is 12.3. The average molecular weight is 234 g/mol. The van der Waals surface area contributed by atoms with Crippen molar-refractivity contribution in [1.82, 2.24) is 0 Å². The zero-order valence-electron chi connectivity index (χ0n) is 10.1. The van der Waals surface area contributed by atoms with Gasteiger partial charge in [0, 0.05) is 4.70 Å². The summed E-state index contributed by atoms with van der Waals surface area (Å²) in [6, 6.07) is 6.65. The maximum absolute atomic E-state index is 2.43. The minimum Gasteiger partial charge on any atom is -0.144 e. The van der Waals surface area contributed by atoms with E-state index in [2.05, 4.69) is 51.7 Å². The van der Waals surface area contributed by atoms with Crippen LogP contribution in [0.4, 0.5) is 0 Å². The first-order valence-electron chi connectivity index (χ1n) is 5.40. The number of fused-ring (bicyclic) bond motifs is 1. The van der Waals surface area contributed by atoms with Gasteiger partial charge in [0.2, 0.25) is 0 Å². The zero-order valence-corrected chi connectivity index (χ0v) is 12.0. The molecule has 0 radical (unpaired) electrons. The summed E-state index contributed by atoms with van der Waals surface area (Å²) in [6.45, 7) is 11.8. The summed E-state index contributed by atoms with van der Waals surface area (Å²) in [7, 11) is -1.17. The third kappa shape index (κ3) is 1.77. The lowest BCUT2D eigenvalue weighted by atomic mass is 10.1. The monoisotopic (exact) mass is 234 g/mol. The van der Waals surface area contributed by atoms with Crippen LogP contribution in [0.25, 0.3) is 10.1 Å². The molecule has 1 aromatic heterocycles. The number of thiophene rings is 1. The van der Waals surface area contributed by atoms with Gasteiger partial charge in [-0.05, 0) is 34.9 Å². The molecule has 1 heterocycles. The molecule has 0 N–H and O–H groups in total. The Labute approximate surface area is 97.0 Å². The van der Waals surface area contributed by atoms with Gasteiger partial charge in [0.15, 0.2) is 0 Å². The topological polar surface area (TPSA) is 0 Å². The molecule has 0 atom stereocenters. The number of aryl methyl sites for hydroxylation is 2. The molecular weight excluding hydrogens is 216 g/mol. The van der Waals surface area contributed by atoms with Gasteiger partial charge in [-0.25, -0.2) is 0 Å². The van der Waals surface area contributed by atoms with Crippen molar-refractivity contribution in [2.75, 3.05) is 0 Å². The molecule has 0 aliphatic carbocycles. The molecular formula is C13H18SSi. The smallest absolute Gasteiger partial charge is 0.0908 e. The third-order valence-electron chi connectivity index (χ3n) is 2.84. The van der Waals surface area contributed by atoms with Gasteiger partial charge >= 0.3 is 0 Å². The maximum Gasteiger partial charge on any atom is 0.0908 e. The first-order valence-corrected chi connectivity index (χ1v) is 9.72.